The van der Waals surface area contributed by atoms with Crippen LogP contribution in [0, 0.1) is 0 Å². The number of nitrogens with one attached hydrogen (secondary N) is 3. The molecule has 7 heteroatoms. The van der Waals surface area contributed by atoms with Crippen molar-refractivity contribution in [3.8, 4) is 0 Å². The number of hydrogen-bond donors (Lipinski definition) is 3. The third kappa shape index (κ3) is 2.02. The number of hydrogen-bond acceptors (Lipinski definition) is 6. The standard InChI is InChI=1S/C10H14N6S/c1-11-10-14-8(13-6-2-3-17-5-6)7-4-12-16-9(7)15-10/h4,6H,2-3,5H2,1H3,(H3,11,12,13,14,15,16). The molecule has 2 aromatic rings. The highest BCUT2D eigenvalue weighted by Crippen LogP contribution is 2.25. The molecule has 90 valence electrons. The summed E-state index contributed by atoms with van der Waals surface area (Å²) in [6, 6.07) is 0.498. The van der Waals surface area contributed by atoms with Crippen molar-refractivity contribution < 1.29 is 0 Å². The number of aromatic amines is 1. The topological polar surface area (TPSA) is 78.5 Å². The SMILES string of the molecule is CNc1nc(NC2CCSC2)c2cn[nH]c2n1. The normalized spacial score (nSPS) is 19.7. The zero-order valence-electron chi connectivity index (χ0n) is 9.53. The largest absolute Gasteiger partial charge is 0.366 e. The summed E-state index contributed by atoms with van der Waals surface area (Å²) < 4.78 is 0. The van der Waals surface area contributed by atoms with E-state index in [1.165, 1.54) is 12.2 Å². The van der Waals surface area contributed by atoms with Crippen molar-refractivity contribution in [1.82, 2.24) is 20.2 Å². The highest BCUT2D eigenvalue weighted by molar-refractivity contribution is 7.99. The number of rotatable bonds is 3. The van der Waals surface area contributed by atoms with E-state index in [-0.39, 0.29) is 0 Å². The number of anilines is 2. The van der Waals surface area contributed by atoms with Gasteiger partial charge >= 0.3 is 0 Å². The minimum atomic E-state index is 0.498. The van der Waals surface area contributed by atoms with Gasteiger partial charge in [0.2, 0.25) is 5.95 Å². The number of aromatic nitrogens is 4. The Morgan fingerprint density at radius 2 is 2.41 bits per heavy atom. The van der Waals surface area contributed by atoms with Crippen LogP contribution in [0.25, 0.3) is 11.0 Å². The first-order valence-corrected chi connectivity index (χ1v) is 6.75. The molecule has 1 aliphatic rings. The average Bonchev–Trinajstić information content (AvgIpc) is 2.98. The van der Waals surface area contributed by atoms with Gasteiger partial charge in [0.05, 0.1) is 11.6 Å². The highest BCUT2D eigenvalue weighted by atomic mass is 32.2. The van der Waals surface area contributed by atoms with E-state index in [1.807, 2.05) is 18.8 Å². The number of fused-ring (bicyclic) bond motifs is 1. The van der Waals surface area contributed by atoms with Gasteiger partial charge in [-0.1, -0.05) is 0 Å². The van der Waals surface area contributed by atoms with Crippen LogP contribution in [0.4, 0.5) is 11.8 Å². The van der Waals surface area contributed by atoms with Gasteiger partial charge in [0.1, 0.15) is 5.82 Å². The summed E-state index contributed by atoms with van der Waals surface area (Å²) >= 11 is 1.97. The Morgan fingerprint density at radius 1 is 1.47 bits per heavy atom. The van der Waals surface area contributed by atoms with Crippen LogP contribution in [0.5, 0.6) is 0 Å². The molecule has 0 aromatic carbocycles. The zero-order valence-corrected chi connectivity index (χ0v) is 10.3. The monoisotopic (exact) mass is 250 g/mol. The van der Waals surface area contributed by atoms with E-state index in [9.17, 15) is 0 Å². The van der Waals surface area contributed by atoms with E-state index in [1.54, 1.807) is 6.20 Å². The van der Waals surface area contributed by atoms with E-state index in [4.69, 9.17) is 0 Å². The Balaban J connectivity index is 1.97. The molecule has 2 aromatic heterocycles. The van der Waals surface area contributed by atoms with Crippen molar-refractivity contribution in [3.05, 3.63) is 6.20 Å². The predicted molar refractivity (Wildman–Crippen MR) is 70.6 cm³/mol. The van der Waals surface area contributed by atoms with E-state index < -0.39 is 0 Å². The maximum absolute atomic E-state index is 4.45. The molecule has 1 saturated heterocycles. The van der Waals surface area contributed by atoms with Crippen LogP contribution >= 0.6 is 11.8 Å². The van der Waals surface area contributed by atoms with Crippen molar-refractivity contribution in [2.75, 3.05) is 29.2 Å². The molecule has 3 heterocycles. The highest BCUT2D eigenvalue weighted by Gasteiger charge is 2.18. The fraction of sp³-hybridized carbons (Fsp3) is 0.500. The van der Waals surface area contributed by atoms with E-state index >= 15 is 0 Å². The second-order valence-corrected chi connectivity index (χ2v) is 5.13. The van der Waals surface area contributed by atoms with Crippen LogP contribution in [0.15, 0.2) is 6.20 Å². The van der Waals surface area contributed by atoms with Gasteiger partial charge in [0.25, 0.3) is 0 Å². The molecule has 3 rings (SSSR count). The molecule has 0 aliphatic carbocycles. The molecule has 0 saturated carbocycles. The fourth-order valence-corrected chi connectivity index (χ4v) is 3.05. The molecule has 1 unspecified atom stereocenters. The van der Waals surface area contributed by atoms with Crippen molar-refractivity contribution in [2.24, 2.45) is 0 Å². The summed E-state index contributed by atoms with van der Waals surface area (Å²) in [6.07, 6.45) is 2.95. The van der Waals surface area contributed by atoms with Crippen molar-refractivity contribution >= 4 is 34.6 Å². The molecule has 1 atom stereocenters. The number of H-pyrrole nitrogens is 1. The van der Waals surface area contributed by atoms with Gasteiger partial charge in [0, 0.05) is 18.8 Å². The van der Waals surface area contributed by atoms with Crippen molar-refractivity contribution in [3.63, 3.8) is 0 Å². The lowest BCUT2D eigenvalue weighted by molar-refractivity contribution is 0.808. The van der Waals surface area contributed by atoms with Crippen LogP contribution in [0.2, 0.25) is 0 Å². The van der Waals surface area contributed by atoms with Crippen molar-refractivity contribution in [2.45, 2.75) is 12.5 Å². The molecule has 3 N–H and O–H groups in total. The Labute approximate surface area is 103 Å². The molecule has 0 bridgehead atoms. The minimum absolute atomic E-state index is 0.498. The first-order valence-electron chi connectivity index (χ1n) is 5.60. The van der Waals surface area contributed by atoms with Crippen LogP contribution in [-0.4, -0.2) is 44.8 Å². The molecule has 17 heavy (non-hydrogen) atoms. The van der Waals surface area contributed by atoms with Gasteiger partial charge in [-0.3, -0.25) is 5.10 Å². The first-order chi connectivity index (χ1) is 8.36. The summed E-state index contributed by atoms with van der Waals surface area (Å²) in [5, 5.41) is 14.3. The van der Waals surface area contributed by atoms with Crippen LogP contribution in [-0.2, 0) is 0 Å². The van der Waals surface area contributed by atoms with Gasteiger partial charge in [-0.2, -0.15) is 26.8 Å². The molecule has 0 amide bonds. The summed E-state index contributed by atoms with van der Waals surface area (Å²) in [6.45, 7) is 0. The third-order valence-electron chi connectivity index (χ3n) is 2.80. The molecular weight excluding hydrogens is 236 g/mol. The van der Waals surface area contributed by atoms with Crippen LogP contribution < -0.4 is 10.6 Å². The maximum Gasteiger partial charge on any atom is 0.226 e. The predicted octanol–water partition coefficient (Wildman–Crippen LogP) is 1.31. The molecule has 0 spiro atoms. The summed E-state index contributed by atoms with van der Waals surface area (Å²) in [5.74, 6) is 3.82. The quantitative estimate of drug-likeness (QED) is 0.762. The van der Waals surface area contributed by atoms with Gasteiger partial charge in [-0.05, 0) is 12.2 Å². The third-order valence-corrected chi connectivity index (χ3v) is 3.97. The second-order valence-electron chi connectivity index (χ2n) is 3.98. The average molecular weight is 250 g/mol. The fourth-order valence-electron chi connectivity index (χ4n) is 1.90. The maximum atomic E-state index is 4.45. The Bertz CT molecular complexity index is 518. The zero-order chi connectivity index (χ0) is 11.7. The summed E-state index contributed by atoms with van der Waals surface area (Å²) in [4.78, 5) is 8.76. The summed E-state index contributed by atoms with van der Waals surface area (Å²) in [5.41, 5.74) is 0.762. The molecule has 1 fully saturated rings. The van der Waals surface area contributed by atoms with E-state index in [0.29, 0.717) is 12.0 Å². The van der Waals surface area contributed by atoms with E-state index in [2.05, 4.69) is 30.8 Å². The molecule has 0 radical (unpaired) electrons. The lowest BCUT2D eigenvalue weighted by Gasteiger charge is -2.13. The first kappa shape index (κ1) is 10.6. The Morgan fingerprint density at radius 3 is 3.18 bits per heavy atom. The molecular formula is C10H14N6S. The molecule has 1 aliphatic heterocycles. The number of thioether (sulfide) groups is 1. The van der Waals surface area contributed by atoms with Gasteiger partial charge in [-0.15, -0.1) is 0 Å². The van der Waals surface area contributed by atoms with Gasteiger partial charge < -0.3 is 10.6 Å². The van der Waals surface area contributed by atoms with Crippen molar-refractivity contribution in [1.29, 1.82) is 0 Å². The summed E-state index contributed by atoms with van der Waals surface area (Å²) in [7, 11) is 1.81. The lowest BCUT2D eigenvalue weighted by atomic mass is 10.2. The minimum Gasteiger partial charge on any atom is -0.366 e. The number of nitrogens with zero attached hydrogens (tertiary/aromatic N) is 3. The second kappa shape index (κ2) is 4.40. The smallest absolute Gasteiger partial charge is 0.226 e. The Kier molecular flexibility index (Phi) is 2.76. The molecule has 6 nitrogen and oxygen atoms in total. The lowest BCUT2D eigenvalue weighted by Crippen LogP contribution is -2.19. The van der Waals surface area contributed by atoms with Gasteiger partial charge in [0.15, 0.2) is 5.65 Å². The van der Waals surface area contributed by atoms with Crippen LogP contribution in [0.3, 0.4) is 0 Å². The van der Waals surface area contributed by atoms with E-state index in [0.717, 1.165) is 22.6 Å². The Hall–Kier alpha value is -1.50. The van der Waals surface area contributed by atoms with Crippen LogP contribution in [0.1, 0.15) is 6.42 Å². The van der Waals surface area contributed by atoms with Gasteiger partial charge in [-0.25, -0.2) is 0 Å².